The Balaban J connectivity index is 1.74. The molecule has 0 radical (unpaired) electrons. The molecule has 2 aromatic carbocycles. The lowest BCUT2D eigenvalue weighted by atomic mass is 10.2. The van der Waals surface area contributed by atoms with Crippen LogP contribution in [-0.4, -0.2) is 17.6 Å². The smallest absolute Gasteiger partial charge is 0.223 e. The number of ether oxygens (including phenoxy) is 1. The zero-order chi connectivity index (χ0) is 15.1. The zero-order valence-corrected chi connectivity index (χ0v) is 11.6. The molecule has 0 bridgehead atoms. The van der Waals surface area contributed by atoms with Crippen LogP contribution in [0, 0.1) is 0 Å². The highest BCUT2D eigenvalue weighted by molar-refractivity contribution is 5.76. The number of nitrogens with one attached hydrogen (secondary N) is 1. The summed E-state index contributed by atoms with van der Waals surface area (Å²) in [7, 11) is 0. The summed E-state index contributed by atoms with van der Waals surface area (Å²) >= 11 is 0. The highest BCUT2D eigenvalue weighted by atomic mass is 16.5. The molecule has 0 aliphatic carbocycles. The van der Waals surface area contributed by atoms with Crippen LogP contribution in [0.1, 0.15) is 12.0 Å². The van der Waals surface area contributed by atoms with Crippen molar-refractivity contribution in [2.75, 3.05) is 12.3 Å². The lowest BCUT2D eigenvalue weighted by Gasteiger charge is -2.09. The van der Waals surface area contributed by atoms with E-state index in [9.17, 15) is 9.90 Å². The number of phenolic OH excluding ortho intramolecular Hbond substituents is 1. The van der Waals surface area contributed by atoms with E-state index in [1.165, 1.54) is 6.07 Å². The Labute approximate surface area is 123 Å². The molecular formula is C16H18N2O3. The number of anilines is 1. The quantitative estimate of drug-likeness (QED) is 0.560. The highest BCUT2D eigenvalue weighted by Crippen LogP contribution is 2.19. The van der Waals surface area contributed by atoms with Crippen LogP contribution in [0.2, 0.25) is 0 Å². The fourth-order valence-electron chi connectivity index (χ4n) is 1.81. The van der Waals surface area contributed by atoms with Crippen molar-refractivity contribution >= 4 is 11.6 Å². The minimum Gasteiger partial charge on any atom is -0.508 e. The molecule has 2 aromatic rings. The number of carbonyl (C=O) groups excluding carboxylic acids is 1. The molecule has 0 atom stereocenters. The summed E-state index contributed by atoms with van der Waals surface area (Å²) in [6.07, 6.45) is 0.248. The summed E-state index contributed by atoms with van der Waals surface area (Å²) < 4.78 is 5.44. The molecule has 0 aliphatic rings. The Morgan fingerprint density at radius 3 is 2.71 bits per heavy atom. The molecule has 5 nitrogen and oxygen atoms in total. The molecule has 0 unspecified atom stereocenters. The number of hydrogen-bond acceptors (Lipinski definition) is 4. The first kappa shape index (κ1) is 14.7. The number of nitrogen functional groups attached to an aromatic ring is 1. The van der Waals surface area contributed by atoms with Crippen molar-refractivity contribution in [2.45, 2.75) is 13.0 Å². The first-order chi connectivity index (χ1) is 10.1. The van der Waals surface area contributed by atoms with Crippen LogP contribution in [0.15, 0.2) is 48.5 Å². The number of phenols is 1. The maximum absolute atomic E-state index is 11.7. The maximum atomic E-state index is 11.7. The van der Waals surface area contributed by atoms with Crippen LogP contribution in [-0.2, 0) is 11.3 Å². The predicted molar refractivity (Wildman–Crippen MR) is 80.9 cm³/mol. The second-order valence-corrected chi connectivity index (χ2v) is 4.58. The standard InChI is InChI=1S/C16H18N2O3/c17-13-6-7-15(19)12(10-13)11-18-16(20)8-9-21-14-4-2-1-3-5-14/h1-7,10,19H,8-9,11,17H2,(H,18,20). The molecule has 0 spiro atoms. The second-order valence-electron chi connectivity index (χ2n) is 4.58. The lowest BCUT2D eigenvalue weighted by Crippen LogP contribution is -2.24. The van der Waals surface area contributed by atoms with Gasteiger partial charge in [0.05, 0.1) is 13.0 Å². The van der Waals surface area contributed by atoms with Crippen molar-refractivity contribution in [2.24, 2.45) is 0 Å². The van der Waals surface area contributed by atoms with E-state index in [2.05, 4.69) is 5.32 Å². The number of nitrogens with two attached hydrogens (primary N) is 1. The average Bonchev–Trinajstić information content (AvgIpc) is 2.49. The average molecular weight is 286 g/mol. The summed E-state index contributed by atoms with van der Waals surface area (Å²) in [4.78, 5) is 11.7. The van der Waals surface area contributed by atoms with E-state index in [1.807, 2.05) is 30.3 Å². The van der Waals surface area contributed by atoms with Gasteiger partial charge in [-0.05, 0) is 30.3 Å². The molecule has 2 rings (SSSR count). The number of aromatic hydroxyl groups is 1. The molecule has 0 saturated carbocycles. The molecule has 110 valence electrons. The van der Waals surface area contributed by atoms with Crippen LogP contribution in [0.25, 0.3) is 0 Å². The maximum Gasteiger partial charge on any atom is 0.223 e. The van der Waals surface area contributed by atoms with Crippen molar-refractivity contribution in [3.05, 3.63) is 54.1 Å². The minimum absolute atomic E-state index is 0.116. The van der Waals surface area contributed by atoms with Gasteiger partial charge in [-0.3, -0.25) is 4.79 Å². The number of rotatable bonds is 6. The van der Waals surface area contributed by atoms with Gasteiger partial charge >= 0.3 is 0 Å². The highest BCUT2D eigenvalue weighted by Gasteiger charge is 2.05. The van der Waals surface area contributed by atoms with Crippen LogP contribution >= 0.6 is 0 Å². The molecule has 1 amide bonds. The molecule has 0 aliphatic heterocycles. The summed E-state index contributed by atoms with van der Waals surface area (Å²) in [6.45, 7) is 0.541. The van der Waals surface area contributed by atoms with E-state index in [0.29, 0.717) is 17.9 Å². The van der Waals surface area contributed by atoms with Gasteiger partial charge in [0, 0.05) is 17.8 Å². The molecule has 5 heteroatoms. The topological polar surface area (TPSA) is 84.6 Å². The van der Waals surface area contributed by atoms with Gasteiger partial charge in [0.15, 0.2) is 0 Å². The van der Waals surface area contributed by atoms with E-state index < -0.39 is 0 Å². The molecule has 0 aromatic heterocycles. The Bertz CT molecular complexity index is 600. The molecule has 0 fully saturated rings. The summed E-state index contributed by atoms with van der Waals surface area (Å²) in [5.74, 6) is 0.705. The molecule has 0 saturated heterocycles. The largest absolute Gasteiger partial charge is 0.508 e. The van der Waals surface area contributed by atoms with Crippen molar-refractivity contribution in [1.29, 1.82) is 0 Å². The van der Waals surface area contributed by atoms with Crippen LogP contribution < -0.4 is 15.8 Å². The number of benzene rings is 2. The van der Waals surface area contributed by atoms with Gasteiger partial charge in [0.2, 0.25) is 5.91 Å². The third-order valence-electron chi connectivity index (χ3n) is 2.92. The van der Waals surface area contributed by atoms with E-state index >= 15 is 0 Å². The first-order valence-electron chi connectivity index (χ1n) is 6.67. The molecule has 0 heterocycles. The molecular weight excluding hydrogens is 268 g/mol. The van der Waals surface area contributed by atoms with Gasteiger partial charge in [-0.1, -0.05) is 18.2 Å². The summed E-state index contributed by atoms with van der Waals surface area (Å²) in [5.41, 5.74) is 6.77. The zero-order valence-electron chi connectivity index (χ0n) is 11.6. The summed E-state index contributed by atoms with van der Waals surface area (Å²) in [6, 6.07) is 14.1. The van der Waals surface area contributed by atoms with E-state index in [1.54, 1.807) is 12.1 Å². The Morgan fingerprint density at radius 1 is 1.19 bits per heavy atom. The van der Waals surface area contributed by atoms with Crippen LogP contribution in [0.5, 0.6) is 11.5 Å². The van der Waals surface area contributed by atoms with Gasteiger partial charge in [-0.2, -0.15) is 0 Å². The molecule has 4 N–H and O–H groups in total. The van der Waals surface area contributed by atoms with Gasteiger partial charge in [0.25, 0.3) is 0 Å². The van der Waals surface area contributed by atoms with E-state index in [0.717, 1.165) is 5.75 Å². The minimum atomic E-state index is -0.146. The van der Waals surface area contributed by atoms with Crippen molar-refractivity contribution < 1.29 is 14.6 Å². The van der Waals surface area contributed by atoms with E-state index in [4.69, 9.17) is 10.5 Å². The third-order valence-corrected chi connectivity index (χ3v) is 2.92. The van der Waals surface area contributed by atoms with Crippen molar-refractivity contribution in [3.8, 4) is 11.5 Å². The predicted octanol–water partition coefficient (Wildman–Crippen LogP) is 2.06. The Morgan fingerprint density at radius 2 is 1.95 bits per heavy atom. The number of hydrogen-bond donors (Lipinski definition) is 3. The third kappa shape index (κ3) is 4.72. The number of para-hydroxylation sites is 1. The van der Waals surface area contributed by atoms with Crippen molar-refractivity contribution in [1.82, 2.24) is 5.32 Å². The lowest BCUT2D eigenvalue weighted by molar-refractivity contribution is -0.121. The number of carbonyl (C=O) groups is 1. The fourth-order valence-corrected chi connectivity index (χ4v) is 1.81. The van der Waals surface area contributed by atoms with Crippen LogP contribution in [0.4, 0.5) is 5.69 Å². The fraction of sp³-hybridized carbons (Fsp3) is 0.188. The van der Waals surface area contributed by atoms with Gasteiger partial charge in [-0.25, -0.2) is 0 Å². The van der Waals surface area contributed by atoms with Gasteiger partial charge in [0.1, 0.15) is 11.5 Å². The van der Waals surface area contributed by atoms with Crippen molar-refractivity contribution in [3.63, 3.8) is 0 Å². The summed E-state index contributed by atoms with van der Waals surface area (Å²) in [5, 5.41) is 12.4. The Hall–Kier alpha value is -2.69. The molecule has 21 heavy (non-hydrogen) atoms. The first-order valence-corrected chi connectivity index (χ1v) is 6.67. The number of amides is 1. The monoisotopic (exact) mass is 286 g/mol. The second kappa shape index (κ2) is 7.19. The van der Waals surface area contributed by atoms with Gasteiger partial charge in [-0.15, -0.1) is 0 Å². The Kier molecular flexibility index (Phi) is 5.04. The normalized spacial score (nSPS) is 10.1. The van der Waals surface area contributed by atoms with Crippen LogP contribution in [0.3, 0.4) is 0 Å². The van der Waals surface area contributed by atoms with Gasteiger partial charge < -0.3 is 20.9 Å². The van der Waals surface area contributed by atoms with E-state index in [-0.39, 0.29) is 24.6 Å². The SMILES string of the molecule is Nc1ccc(O)c(CNC(=O)CCOc2ccccc2)c1.